The normalized spacial score (nSPS) is 19.7. The fourth-order valence-electron chi connectivity index (χ4n) is 2.70. The fourth-order valence-corrected chi connectivity index (χ4v) is 2.70. The van der Waals surface area contributed by atoms with E-state index in [1.165, 1.54) is 4.90 Å². The minimum atomic E-state index is -4.19. The molecule has 1 aromatic carbocycles. The minimum Gasteiger partial charge on any atom is -0.352 e. The highest BCUT2D eigenvalue weighted by Crippen LogP contribution is 2.21. The van der Waals surface area contributed by atoms with Crippen molar-refractivity contribution in [3.8, 4) is 0 Å². The summed E-state index contributed by atoms with van der Waals surface area (Å²) in [5.41, 5.74) is 0.289. The maximum atomic E-state index is 12.4. The van der Waals surface area contributed by atoms with Crippen molar-refractivity contribution >= 4 is 16.9 Å². The van der Waals surface area contributed by atoms with Crippen LogP contribution in [0.3, 0.4) is 0 Å². The summed E-state index contributed by atoms with van der Waals surface area (Å²) >= 11 is 0. The average Bonchev–Trinajstić information content (AvgIpc) is 2.83. The lowest BCUT2D eigenvalue weighted by molar-refractivity contribution is -0.143. The third-order valence-electron chi connectivity index (χ3n) is 3.63. The van der Waals surface area contributed by atoms with Gasteiger partial charge in [0.05, 0.1) is 17.4 Å². The zero-order valence-corrected chi connectivity index (χ0v) is 11.7. The number of nitrogens with one attached hydrogen (secondary N) is 2. The lowest BCUT2D eigenvalue weighted by Gasteiger charge is -2.18. The van der Waals surface area contributed by atoms with E-state index in [1.54, 1.807) is 24.3 Å². The van der Waals surface area contributed by atoms with Crippen molar-refractivity contribution in [1.82, 2.24) is 14.9 Å². The monoisotopic (exact) mass is 312 g/mol. The predicted octanol–water partition coefficient (Wildman–Crippen LogP) is 1.97. The van der Waals surface area contributed by atoms with Crippen LogP contribution in [0.25, 0.3) is 10.9 Å². The molecule has 1 aromatic heterocycles. The van der Waals surface area contributed by atoms with E-state index >= 15 is 0 Å². The summed E-state index contributed by atoms with van der Waals surface area (Å²) in [5.74, 6) is 0.294. The molecule has 118 valence electrons. The van der Waals surface area contributed by atoms with Gasteiger partial charge in [-0.3, -0.25) is 14.7 Å². The highest BCUT2D eigenvalue weighted by Gasteiger charge is 2.34. The molecule has 0 amide bonds. The summed E-state index contributed by atoms with van der Waals surface area (Å²) < 4.78 is 37.1. The Balaban J connectivity index is 1.71. The first-order chi connectivity index (χ1) is 10.4. The molecule has 0 spiro atoms. The van der Waals surface area contributed by atoms with Crippen LogP contribution in [0.1, 0.15) is 6.42 Å². The lowest BCUT2D eigenvalue weighted by atomic mass is 10.2. The van der Waals surface area contributed by atoms with Gasteiger partial charge in [0.15, 0.2) is 0 Å². The molecule has 22 heavy (non-hydrogen) atoms. The van der Waals surface area contributed by atoms with Crippen LogP contribution in [0.5, 0.6) is 0 Å². The Kier molecular flexibility index (Phi) is 3.78. The maximum absolute atomic E-state index is 12.4. The number of para-hydroxylation sites is 1. The van der Waals surface area contributed by atoms with Crippen LogP contribution in [0.2, 0.25) is 0 Å². The second-order valence-corrected chi connectivity index (χ2v) is 5.41. The molecule has 2 aromatic rings. The predicted molar refractivity (Wildman–Crippen MR) is 76.9 cm³/mol. The Labute approximate surface area is 124 Å². The van der Waals surface area contributed by atoms with Crippen molar-refractivity contribution in [3.63, 3.8) is 0 Å². The molecule has 1 fully saturated rings. The number of nitrogens with zero attached hydrogens (tertiary/aromatic N) is 2. The minimum absolute atomic E-state index is 0.160. The smallest absolute Gasteiger partial charge is 0.352 e. The van der Waals surface area contributed by atoms with Crippen molar-refractivity contribution in [2.24, 2.45) is 0 Å². The zero-order valence-electron chi connectivity index (χ0n) is 11.7. The van der Waals surface area contributed by atoms with Crippen LogP contribution < -0.4 is 10.9 Å². The molecule has 1 aliphatic heterocycles. The Morgan fingerprint density at radius 1 is 1.36 bits per heavy atom. The van der Waals surface area contributed by atoms with E-state index in [0.717, 1.165) is 0 Å². The first-order valence-corrected chi connectivity index (χ1v) is 6.95. The average molecular weight is 312 g/mol. The van der Waals surface area contributed by atoms with E-state index in [1.807, 2.05) is 0 Å². The van der Waals surface area contributed by atoms with E-state index in [4.69, 9.17) is 0 Å². The number of likely N-dealkylation sites (tertiary alicyclic amines) is 1. The zero-order chi connectivity index (χ0) is 15.7. The molecule has 8 heteroatoms. The molecule has 1 atom stereocenters. The highest BCUT2D eigenvalue weighted by molar-refractivity contribution is 5.78. The van der Waals surface area contributed by atoms with Crippen molar-refractivity contribution in [1.29, 1.82) is 0 Å². The number of hydrogen-bond donors (Lipinski definition) is 2. The first kappa shape index (κ1) is 14.8. The van der Waals surface area contributed by atoms with Crippen molar-refractivity contribution in [2.45, 2.75) is 18.6 Å². The molecule has 1 saturated heterocycles. The van der Waals surface area contributed by atoms with Crippen LogP contribution in [-0.4, -0.2) is 46.7 Å². The third-order valence-corrected chi connectivity index (χ3v) is 3.63. The van der Waals surface area contributed by atoms with Gasteiger partial charge >= 0.3 is 6.18 Å². The number of aromatic nitrogens is 2. The highest BCUT2D eigenvalue weighted by atomic mass is 19.4. The molecule has 3 rings (SSSR count). The van der Waals surface area contributed by atoms with Gasteiger partial charge in [0.2, 0.25) is 5.95 Å². The molecule has 0 aliphatic carbocycles. The van der Waals surface area contributed by atoms with Gasteiger partial charge in [0.1, 0.15) is 0 Å². The van der Waals surface area contributed by atoms with Gasteiger partial charge in [-0.1, -0.05) is 12.1 Å². The van der Waals surface area contributed by atoms with Crippen LogP contribution in [-0.2, 0) is 0 Å². The summed E-state index contributed by atoms with van der Waals surface area (Å²) in [6.07, 6.45) is -3.61. The lowest BCUT2D eigenvalue weighted by Crippen LogP contribution is -2.34. The number of aromatic amines is 1. The Morgan fingerprint density at radius 2 is 2.14 bits per heavy atom. The molecule has 1 aliphatic rings. The molecular weight excluding hydrogens is 297 g/mol. The van der Waals surface area contributed by atoms with Gasteiger partial charge < -0.3 is 5.32 Å². The van der Waals surface area contributed by atoms with Crippen LogP contribution in [0.15, 0.2) is 29.1 Å². The maximum Gasteiger partial charge on any atom is 0.401 e. The second kappa shape index (κ2) is 5.60. The largest absolute Gasteiger partial charge is 0.401 e. The number of halogens is 3. The van der Waals surface area contributed by atoms with Gasteiger partial charge in [-0.25, -0.2) is 4.98 Å². The van der Waals surface area contributed by atoms with E-state index < -0.39 is 12.7 Å². The summed E-state index contributed by atoms with van der Waals surface area (Å²) in [6, 6.07) is 6.76. The molecular formula is C14H15F3N4O. The molecule has 0 saturated carbocycles. The molecule has 1 unspecified atom stereocenters. The van der Waals surface area contributed by atoms with Crippen LogP contribution >= 0.6 is 0 Å². The SMILES string of the molecule is O=c1[nH]c(NC2CCN(CC(F)(F)F)C2)nc2ccccc12. The van der Waals surface area contributed by atoms with Gasteiger partial charge in [-0.15, -0.1) is 0 Å². The number of H-pyrrole nitrogens is 1. The van der Waals surface area contributed by atoms with Gasteiger partial charge in [-0.2, -0.15) is 13.2 Å². The van der Waals surface area contributed by atoms with Gasteiger partial charge in [0.25, 0.3) is 5.56 Å². The van der Waals surface area contributed by atoms with E-state index in [2.05, 4.69) is 15.3 Å². The Bertz CT molecular complexity index is 728. The molecule has 0 radical (unpaired) electrons. The van der Waals surface area contributed by atoms with Gasteiger partial charge in [0, 0.05) is 19.1 Å². The summed E-state index contributed by atoms with van der Waals surface area (Å²) in [7, 11) is 0. The quantitative estimate of drug-likeness (QED) is 0.910. The van der Waals surface area contributed by atoms with E-state index in [-0.39, 0.29) is 18.1 Å². The molecule has 5 nitrogen and oxygen atoms in total. The van der Waals surface area contributed by atoms with E-state index in [0.29, 0.717) is 29.8 Å². The fraction of sp³-hybridized carbons (Fsp3) is 0.429. The first-order valence-electron chi connectivity index (χ1n) is 6.95. The Hall–Kier alpha value is -2.09. The van der Waals surface area contributed by atoms with Crippen molar-refractivity contribution < 1.29 is 13.2 Å². The molecule has 2 N–H and O–H groups in total. The number of benzene rings is 1. The third kappa shape index (κ3) is 3.38. The van der Waals surface area contributed by atoms with Crippen LogP contribution in [0.4, 0.5) is 19.1 Å². The van der Waals surface area contributed by atoms with Gasteiger partial charge in [-0.05, 0) is 18.6 Å². The topological polar surface area (TPSA) is 61.0 Å². The Morgan fingerprint density at radius 3 is 2.91 bits per heavy atom. The number of anilines is 1. The number of alkyl halides is 3. The van der Waals surface area contributed by atoms with Crippen molar-refractivity contribution in [2.75, 3.05) is 25.0 Å². The standard InChI is InChI=1S/C14H15F3N4O/c15-14(16,17)8-21-6-5-9(7-21)18-13-19-11-4-2-1-3-10(11)12(22)20-13/h1-4,9H,5-8H2,(H2,18,19,20,22). The van der Waals surface area contributed by atoms with E-state index in [9.17, 15) is 18.0 Å². The number of fused-ring (bicyclic) bond motifs is 1. The van der Waals surface area contributed by atoms with Crippen LogP contribution in [0, 0.1) is 0 Å². The number of rotatable bonds is 3. The number of hydrogen-bond acceptors (Lipinski definition) is 4. The van der Waals surface area contributed by atoms with Crippen molar-refractivity contribution in [3.05, 3.63) is 34.6 Å². The second-order valence-electron chi connectivity index (χ2n) is 5.41. The molecule has 0 bridgehead atoms. The summed E-state index contributed by atoms with van der Waals surface area (Å²) in [6.45, 7) is -0.266. The molecule has 2 heterocycles. The summed E-state index contributed by atoms with van der Waals surface area (Å²) in [4.78, 5) is 20.2. The summed E-state index contributed by atoms with van der Waals surface area (Å²) in [5, 5.41) is 3.50.